The lowest BCUT2D eigenvalue weighted by molar-refractivity contribution is 0.0954. The van der Waals surface area contributed by atoms with E-state index in [4.69, 9.17) is 11.6 Å². The van der Waals surface area contributed by atoms with Crippen LogP contribution in [0.4, 0.5) is 0 Å². The van der Waals surface area contributed by atoms with Crippen molar-refractivity contribution in [3.8, 4) is 11.3 Å². The summed E-state index contributed by atoms with van der Waals surface area (Å²) in [4.78, 5) is 20.1. The van der Waals surface area contributed by atoms with Crippen molar-refractivity contribution >= 4 is 28.4 Å². The van der Waals surface area contributed by atoms with E-state index in [1.165, 1.54) is 0 Å². The van der Waals surface area contributed by atoms with Crippen molar-refractivity contribution in [2.24, 2.45) is 0 Å². The van der Waals surface area contributed by atoms with Gasteiger partial charge in [-0.2, -0.15) is 0 Å². The fourth-order valence-corrected chi connectivity index (χ4v) is 3.30. The highest BCUT2D eigenvalue weighted by Gasteiger charge is 2.09. The van der Waals surface area contributed by atoms with Crippen molar-refractivity contribution in [3.63, 3.8) is 0 Å². The van der Waals surface area contributed by atoms with E-state index >= 15 is 0 Å². The topological polar surface area (TPSA) is 57.8 Å². The summed E-state index contributed by atoms with van der Waals surface area (Å²) in [6, 6.07) is 19.0. The fraction of sp³-hybridized carbons (Fsp3) is 0.0909. The molecule has 0 aliphatic heterocycles. The highest BCUT2D eigenvalue weighted by atomic mass is 35.5. The number of nitrogens with zero attached hydrogens (tertiary/aromatic N) is 1. The van der Waals surface area contributed by atoms with Crippen LogP contribution in [0, 0.1) is 0 Å². The van der Waals surface area contributed by atoms with Gasteiger partial charge >= 0.3 is 0 Å². The average molecular weight is 376 g/mol. The van der Waals surface area contributed by atoms with E-state index in [-0.39, 0.29) is 5.91 Å². The largest absolute Gasteiger partial charge is 0.361 e. The first-order valence-corrected chi connectivity index (χ1v) is 9.14. The summed E-state index contributed by atoms with van der Waals surface area (Å²) in [6.45, 7) is 0.548. The molecule has 0 saturated carbocycles. The SMILES string of the molecule is O=C(NCCc1c[nH]c2ccc(Cl)cc12)c1cccc(-c2ccccn2)c1. The molecule has 4 nitrogen and oxygen atoms in total. The Labute approximate surface area is 162 Å². The summed E-state index contributed by atoms with van der Waals surface area (Å²) in [7, 11) is 0. The summed E-state index contributed by atoms with van der Waals surface area (Å²) in [5.41, 5.74) is 4.58. The van der Waals surface area contributed by atoms with E-state index in [2.05, 4.69) is 15.3 Å². The minimum atomic E-state index is -0.0920. The molecular weight excluding hydrogens is 358 g/mol. The zero-order valence-corrected chi connectivity index (χ0v) is 15.3. The molecule has 134 valence electrons. The van der Waals surface area contributed by atoms with Gasteiger partial charge in [0.25, 0.3) is 5.91 Å². The number of pyridine rings is 1. The Morgan fingerprint density at radius 2 is 2.00 bits per heavy atom. The maximum atomic E-state index is 12.5. The molecule has 0 radical (unpaired) electrons. The van der Waals surface area contributed by atoms with Gasteiger partial charge in [0.1, 0.15) is 0 Å². The molecule has 2 aromatic carbocycles. The number of rotatable bonds is 5. The van der Waals surface area contributed by atoms with Crippen LogP contribution in [0.15, 0.2) is 73.1 Å². The number of aromatic nitrogens is 2. The first-order valence-electron chi connectivity index (χ1n) is 8.76. The van der Waals surface area contributed by atoms with Gasteiger partial charge in [-0.25, -0.2) is 0 Å². The molecule has 0 aliphatic carbocycles. The molecule has 2 N–H and O–H groups in total. The summed E-state index contributed by atoms with van der Waals surface area (Å²) in [6.07, 6.45) is 4.44. The van der Waals surface area contributed by atoms with Gasteiger partial charge in [0.2, 0.25) is 0 Å². The van der Waals surface area contributed by atoms with Crippen LogP contribution in [0.3, 0.4) is 0 Å². The summed E-state index contributed by atoms with van der Waals surface area (Å²) in [5, 5.41) is 4.79. The van der Waals surface area contributed by atoms with E-state index in [0.29, 0.717) is 17.1 Å². The molecule has 0 unspecified atom stereocenters. The zero-order chi connectivity index (χ0) is 18.6. The predicted octanol–water partition coefficient (Wildman–Crippen LogP) is 4.86. The minimum Gasteiger partial charge on any atom is -0.361 e. The Morgan fingerprint density at radius 1 is 1.07 bits per heavy atom. The smallest absolute Gasteiger partial charge is 0.251 e. The predicted molar refractivity (Wildman–Crippen MR) is 109 cm³/mol. The van der Waals surface area contributed by atoms with Gasteiger partial charge in [0, 0.05) is 46.0 Å². The van der Waals surface area contributed by atoms with Gasteiger partial charge in [-0.15, -0.1) is 0 Å². The van der Waals surface area contributed by atoms with Crippen LogP contribution in [-0.4, -0.2) is 22.4 Å². The molecule has 4 aromatic rings. The monoisotopic (exact) mass is 375 g/mol. The van der Waals surface area contributed by atoms with Crippen molar-refractivity contribution in [2.45, 2.75) is 6.42 Å². The second-order valence-corrected chi connectivity index (χ2v) is 6.74. The summed E-state index contributed by atoms with van der Waals surface area (Å²) < 4.78 is 0. The van der Waals surface area contributed by atoms with Crippen molar-refractivity contribution in [3.05, 3.63) is 89.2 Å². The number of hydrogen-bond donors (Lipinski definition) is 2. The molecule has 0 fully saturated rings. The van der Waals surface area contributed by atoms with Gasteiger partial charge in [-0.1, -0.05) is 29.8 Å². The zero-order valence-electron chi connectivity index (χ0n) is 14.6. The number of nitrogens with one attached hydrogen (secondary N) is 2. The van der Waals surface area contributed by atoms with Gasteiger partial charge in [0.15, 0.2) is 0 Å². The van der Waals surface area contributed by atoms with Gasteiger partial charge < -0.3 is 10.3 Å². The van der Waals surface area contributed by atoms with E-state index in [0.717, 1.165) is 34.1 Å². The minimum absolute atomic E-state index is 0.0920. The number of benzene rings is 2. The van der Waals surface area contributed by atoms with E-state index in [1.54, 1.807) is 6.20 Å². The molecule has 2 heterocycles. The Balaban J connectivity index is 1.43. The van der Waals surface area contributed by atoms with Crippen LogP contribution in [0.25, 0.3) is 22.2 Å². The van der Waals surface area contributed by atoms with Crippen LogP contribution < -0.4 is 5.32 Å². The third-order valence-electron chi connectivity index (χ3n) is 4.49. The number of hydrogen-bond acceptors (Lipinski definition) is 2. The second-order valence-electron chi connectivity index (χ2n) is 6.31. The molecule has 0 aliphatic rings. The van der Waals surface area contributed by atoms with Crippen molar-refractivity contribution in [1.29, 1.82) is 0 Å². The number of halogens is 1. The molecule has 4 rings (SSSR count). The lowest BCUT2D eigenvalue weighted by Gasteiger charge is -2.07. The fourth-order valence-electron chi connectivity index (χ4n) is 3.12. The number of carbonyl (C=O) groups excluding carboxylic acids is 1. The molecule has 0 bridgehead atoms. The maximum Gasteiger partial charge on any atom is 0.251 e. The van der Waals surface area contributed by atoms with Crippen LogP contribution in [0.5, 0.6) is 0 Å². The molecule has 0 saturated heterocycles. The third-order valence-corrected chi connectivity index (χ3v) is 4.73. The molecule has 27 heavy (non-hydrogen) atoms. The molecule has 1 amide bonds. The molecule has 2 aromatic heterocycles. The van der Waals surface area contributed by atoms with Gasteiger partial charge in [-0.05, 0) is 54.4 Å². The first-order chi connectivity index (χ1) is 13.2. The highest BCUT2D eigenvalue weighted by molar-refractivity contribution is 6.31. The summed E-state index contributed by atoms with van der Waals surface area (Å²) in [5.74, 6) is -0.0920. The Hall–Kier alpha value is -3.11. The number of carbonyl (C=O) groups is 1. The molecule has 0 spiro atoms. The van der Waals surface area contributed by atoms with Crippen molar-refractivity contribution < 1.29 is 4.79 Å². The Morgan fingerprint density at radius 3 is 2.85 bits per heavy atom. The van der Waals surface area contributed by atoms with E-state index < -0.39 is 0 Å². The molecule has 0 atom stereocenters. The van der Waals surface area contributed by atoms with Gasteiger partial charge in [0.05, 0.1) is 5.69 Å². The Bertz CT molecular complexity index is 1090. The van der Waals surface area contributed by atoms with Crippen LogP contribution in [0.1, 0.15) is 15.9 Å². The average Bonchev–Trinajstić information content (AvgIpc) is 3.11. The Kier molecular flexibility index (Phi) is 4.90. The number of H-pyrrole nitrogens is 1. The van der Waals surface area contributed by atoms with Crippen molar-refractivity contribution in [1.82, 2.24) is 15.3 Å². The first kappa shape index (κ1) is 17.3. The quantitative estimate of drug-likeness (QED) is 0.523. The summed E-state index contributed by atoms with van der Waals surface area (Å²) >= 11 is 6.09. The third kappa shape index (κ3) is 3.86. The maximum absolute atomic E-state index is 12.5. The molecular formula is C22H18ClN3O. The molecule has 5 heteroatoms. The van der Waals surface area contributed by atoms with Gasteiger partial charge in [-0.3, -0.25) is 9.78 Å². The van der Waals surface area contributed by atoms with Crippen LogP contribution in [0.2, 0.25) is 5.02 Å². The number of fused-ring (bicyclic) bond motifs is 1. The van der Waals surface area contributed by atoms with Crippen molar-refractivity contribution in [2.75, 3.05) is 6.54 Å². The normalized spacial score (nSPS) is 10.9. The number of aromatic amines is 1. The second kappa shape index (κ2) is 7.64. The van der Waals surface area contributed by atoms with E-state index in [9.17, 15) is 4.79 Å². The lowest BCUT2D eigenvalue weighted by Crippen LogP contribution is -2.25. The number of amides is 1. The highest BCUT2D eigenvalue weighted by Crippen LogP contribution is 2.22. The van der Waals surface area contributed by atoms with Crippen LogP contribution >= 0.6 is 11.6 Å². The standard InChI is InChI=1S/C22H18ClN3O/c23-18-7-8-21-19(13-18)17(14-26-21)9-11-25-22(27)16-5-3-4-15(12-16)20-6-1-2-10-24-20/h1-8,10,12-14,26H,9,11H2,(H,25,27). The lowest BCUT2D eigenvalue weighted by atomic mass is 10.1. The van der Waals surface area contributed by atoms with E-state index in [1.807, 2.05) is 66.9 Å². The van der Waals surface area contributed by atoms with Crippen LogP contribution in [-0.2, 0) is 6.42 Å².